The Bertz CT molecular complexity index is 326. The predicted octanol–water partition coefficient (Wildman–Crippen LogP) is 0.0783. The van der Waals surface area contributed by atoms with Crippen molar-refractivity contribution in [1.29, 1.82) is 0 Å². The highest BCUT2D eigenvalue weighted by Gasteiger charge is 2.61. The van der Waals surface area contributed by atoms with E-state index in [9.17, 15) is 4.79 Å². The highest BCUT2D eigenvalue weighted by molar-refractivity contribution is 5.76. The summed E-state index contributed by atoms with van der Waals surface area (Å²) in [7, 11) is 0. The number of carbonyl (C=O) groups excluding carboxylic acids is 1. The number of hydrogen-bond acceptors (Lipinski definition) is 5. The van der Waals surface area contributed by atoms with Crippen molar-refractivity contribution in [3.8, 4) is 0 Å². The van der Waals surface area contributed by atoms with E-state index >= 15 is 0 Å². The second-order valence-electron chi connectivity index (χ2n) is 4.99. The van der Waals surface area contributed by atoms with Gasteiger partial charge in [0, 0.05) is 0 Å². The number of cyclic esters (lactones) is 1. The Kier molecular flexibility index (Phi) is 1.87. The summed E-state index contributed by atoms with van der Waals surface area (Å²) >= 11 is 0. The lowest BCUT2D eigenvalue weighted by Gasteiger charge is -2.21. The van der Waals surface area contributed by atoms with Gasteiger partial charge in [0.15, 0.2) is 0 Å². The molecular weight excluding hydrogens is 212 g/mol. The molecular formula is C11H14O5. The maximum atomic E-state index is 11.7. The van der Waals surface area contributed by atoms with Crippen LogP contribution in [-0.2, 0) is 23.7 Å². The molecule has 4 fully saturated rings. The van der Waals surface area contributed by atoms with E-state index in [-0.39, 0.29) is 36.1 Å². The lowest BCUT2D eigenvalue weighted by Crippen LogP contribution is -2.33. The van der Waals surface area contributed by atoms with Gasteiger partial charge in [-0.1, -0.05) is 0 Å². The standard InChI is InChI=1S/C11H14O5/c12-10-8-6-1-2-7(15-6)9(8)11(16-10)14-4-5-3-13-5/h5-9,11H,1-4H2/t5?,6-,7+,8-,9+,11+/m1/s1. The zero-order valence-electron chi connectivity index (χ0n) is 8.83. The summed E-state index contributed by atoms with van der Waals surface area (Å²) in [6, 6.07) is 0. The molecule has 4 rings (SSSR count). The highest BCUT2D eigenvalue weighted by Crippen LogP contribution is 2.50. The average molecular weight is 226 g/mol. The van der Waals surface area contributed by atoms with Gasteiger partial charge < -0.3 is 18.9 Å². The molecule has 88 valence electrons. The Morgan fingerprint density at radius 1 is 1.31 bits per heavy atom. The molecule has 1 unspecified atom stereocenters. The molecule has 0 saturated carbocycles. The Morgan fingerprint density at radius 2 is 2.12 bits per heavy atom. The third kappa shape index (κ3) is 1.25. The van der Waals surface area contributed by atoms with Crippen LogP contribution in [-0.4, -0.2) is 43.8 Å². The molecule has 5 nitrogen and oxygen atoms in total. The number of rotatable bonds is 3. The van der Waals surface area contributed by atoms with Gasteiger partial charge in [-0.3, -0.25) is 4.79 Å². The van der Waals surface area contributed by atoms with Crippen LogP contribution in [0.2, 0.25) is 0 Å². The second-order valence-corrected chi connectivity index (χ2v) is 4.99. The molecule has 4 heterocycles. The van der Waals surface area contributed by atoms with Gasteiger partial charge in [-0.15, -0.1) is 0 Å². The second kappa shape index (κ2) is 3.18. The number of fused-ring (bicyclic) bond motifs is 5. The van der Waals surface area contributed by atoms with E-state index < -0.39 is 6.29 Å². The maximum absolute atomic E-state index is 11.7. The van der Waals surface area contributed by atoms with E-state index in [1.165, 1.54) is 0 Å². The summed E-state index contributed by atoms with van der Waals surface area (Å²) in [4.78, 5) is 11.7. The molecule has 5 heteroatoms. The van der Waals surface area contributed by atoms with Crippen molar-refractivity contribution in [2.45, 2.75) is 37.4 Å². The highest BCUT2D eigenvalue weighted by atomic mass is 16.7. The van der Waals surface area contributed by atoms with Gasteiger partial charge in [0.2, 0.25) is 6.29 Å². The van der Waals surface area contributed by atoms with Crippen LogP contribution in [0.1, 0.15) is 12.8 Å². The first-order chi connectivity index (χ1) is 7.83. The molecule has 4 saturated heterocycles. The van der Waals surface area contributed by atoms with Crippen LogP contribution in [0.4, 0.5) is 0 Å². The number of epoxide rings is 1. The summed E-state index contributed by atoms with van der Waals surface area (Å²) in [6.45, 7) is 1.29. The normalized spacial score (nSPS) is 52.9. The molecule has 0 radical (unpaired) electrons. The number of esters is 1. The zero-order valence-corrected chi connectivity index (χ0v) is 8.83. The van der Waals surface area contributed by atoms with Crippen molar-refractivity contribution in [3.05, 3.63) is 0 Å². The zero-order chi connectivity index (χ0) is 10.7. The SMILES string of the molecule is O=C1O[C@H](OCC2CO2)[C@@H]2[C@H]1[C@H]1CC[C@@H]2O1. The molecule has 6 atom stereocenters. The third-order valence-corrected chi connectivity index (χ3v) is 4.00. The van der Waals surface area contributed by atoms with E-state index in [1.54, 1.807) is 0 Å². The van der Waals surface area contributed by atoms with Gasteiger partial charge in [0.1, 0.15) is 6.10 Å². The molecule has 16 heavy (non-hydrogen) atoms. The van der Waals surface area contributed by atoms with Crippen molar-refractivity contribution in [3.63, 3.8) is 0 Å². The number of carbonyl (C=O) groups is 1. The Hall–Kier alpha value is -0.650. The maximum Gasteiger partial charge on any atom is 0.314 e. The van der Waals surface area contributed by atoms with Crippen molar-refractivity contribution in [1.82, 2.24) is 0 Å². The predicted molar refractivity (Wildman–Crippen MR) is 50.4 cm³/mol. The summed E-state index contributed by atoms with van der Waals surface area (Å²) in [5, 5.41) is 0. The summed E-state index contributed by atoms with van der Waals surface area (Å²) in [6.07, 6.45) is 2.05. The molecule has 0 aromatic carbocycles. The number of hydrogen-bond donors (Lipinski definition) is 0. The van der Waals surface area contributed by atoms with Gasteiger partial charge in [-0.25, -0.2) is 0 Å². The minimum atomic E-state index is -0.406. The fraction of sp³-hybridized carbons (Fsp3) is 0.909. The third-order valence-electron chi connectivity index (χ3n) is 4.00. The molecule has 4 aliphatic rings. The van der Waals surface area contributed by atoms with Gasteiger partial charge in [0.25, 0.3) is 0 Å². The van der Waals surface area contributed by atoms with E-state index in [0.29, 0.717) is 6.61 Å². The minimum Gasteiger partial charge on any atom is -0.435 e. The molecule has 0 spiro atoms. The Morgan fingerprint density at radius 3 is 2.94 bits per heavy atom. The smallest absolute Gasteiger partial charge is 0.314 e. The fourth-order valence-corrected chi connectivity index (χ4v) is 3.15. The van der Waals surface area contributed by atoms with Crippen molar-refractivity contribution >= 4 is 5.97 Å². The van der Waals surface area contributed by atoms with Crippen molar-refractivity contribution < 1.29 is 23.7 Å². The monoisotopic (exact) mass is 226 g/mol. The van der Waals surface area contributed by atoms with Crippen LogP contribution in [0.25, 0.3) is 0 Å². The van der Waals surface area contributed by atoms with Crippen LogP contribution in [0.5, 0.6) is 0 Å². The van der Waals surface area contributed by atoms with E-state index in [0.717, 1.165) is 19.4 Å². The Labute approximate surface area is 93.0 Å². The summed E-state index contributed by atoms with van der Waals surface area (Å²) in [5.74, 6) is -0.104. The van der Waals surface area contributed by atoms with Crippen molar-refractivity contribution in [2.75, 3.05) is 13.2 Å². The average Bonchev–Trinajstić information content (AvgIpc) is 2.73. The van der Waals surface area contributed by atoms with Crippen LogP contribution >= 0.6 is 0 Å². The molecule has 0 aromatic rings. The van der Waals surface area contributed by atoms with E-state index in [4.69, 9.17) is 18.9 Å². The largest absolute Gasteiger partial charge is 0.435 e. The van der Waals surface area contributed by atoms with Crippen LogP contribution in [0.3, 0.4) is 0 Å². The Balaban J connectivity index is 1.49. The first-order valence-corrected chi connectivity index (χ1v) is 5.92. The first kappa shape index (κ1) is 9.39. The molecule has 0 amide bonds. The van der Waals surface area contributed by atoms with Crippen LogP contribution in [0.15, 0.2) is 0 Å². The topological polar surface area (TPSA) is 57.3 Å². The minimum absolute atomic E-state index is 0.0771. The van der Waals surface area contributed by atoms with Gasteiger partial charge in [-0.05, 0) is 12.8 Å². The summed E-state index contributed by atoms with van der Waals surface area (Å²) < 4.78 is 21.7. The van der Waals surface area contributed by atoms with Crippen LogP contribution in [0, 0.1) is 11.8 Å². The molecule has 0 N–H and O–H groups in total. The molecule has 4 aliphatic heterocycles. The van der Waals surface area contributed by atoms with E-state index in [1.807, 2.05) is 0 Å². The molecule has 0 aliphatic carbocycles. The lowest BCUT2D eigenvalue weighted by atomic mass is 9.81. The van der Waals surface area contributed by atoms with Gasteiger partial charge in [-0.2, -0.15) is 0 Å². The van der Waals surface area contributed by atoms with Crippen molar-refractivity contribution in [2.24, 2.45) is 11.8 Å². The first-order valence-electron chi connectivity index (χ1n) is 5.92. The van der Waals surface area contributed by atoms with Gasteiger partial charge >= 0.3 is 5.97 Å². The fourth-order valence-electron chi connectivity index (χ4n) is 3.15. The molecule has 2 bridgehead atoms. The molecule has 0 aromatic heterocycles. The van der Waals surface area contributed by atoms with E-state index in [2.05, 4.69) is 0 Å². The quantitative estimate of drug-likeness (QED) is 0.504. The van der Waals surface area contributed by atoms with Gasteiger partial charge in [0.05, 0.1) is 37.3 Å². The van der Waals surface area contributed by atoms with Crippen LogP contribution < -0.4 is 0 Å². The lowest BCUT2D eigenvalue weighted by molar-refractivity contribution is -0.175. The number of ether oxygens (including phenoxy) is 4. The summed E-state index contributed by atoms with van der Waals surface area (Å²) in [5.41, 5.74) is 0.